The zero-order valence-corrected chi connectivity index (χ0v) is 27.2. The Kier molecular flexibility index (Phi) is 10.1. The minimum Gasteiger partial charge on any atom is -0.444 e. The Morgan fingerprint density at radius 2 is 1.72 bits per heavy atom. The standard InChI is InChI=1S/C33H40BrN5O4/c1-22(2)29(28-20-27-19-23(3)36-39(27)32(42)38(28)21-24-11-8-7-9-12-24)37(30(40)25-13-15-26(34)16-14-25)18-10-17-35-31(41)43-33(4,5)6/h7-9,11-16,19-20,22,29H,10,17-18,21H2,1-6H3,(H,35,41). The summed E-state index contributed by atoms with van der Waals surface area (Å²) in [5.74, 6) is -0.210. The molecule has 1 N–H and O–H groups in total. The molecule has 0 fully saturated rings. The Morgan fingerprint density at radius 3 is 2.35 bits per heavy atom. The maximum Gasteiger partial charge on any atom is 0.407 e. The lowest BCUT2D eigenvalue weighted by atomic mass is 9.96. The zero-order valence-electron chi connectivity index (χ0n) is 25.6. The van der Waals surface area contributed by atoms with Gasteiger partial charge in [-0.15, -0.1) is 0 Å². The van der Waals surface area contributed by atoms with Crippen LogP contribution < -0.4 is 11.0 Å². The van der Waals surface area contributed by atoms with E-state index in [0.29, 0.717) is 37.1 Å². The first-order chi connectivity index (χ1) is 20.3. The van der Waals surface area contributed by atoms with Crippen molar-refractivity contribution in [1.82, 2.24) is 24.4 Å². The highest BCUT2D eigenvalue weighted by Crippen LogP contribution is 2.31. The molecule has 43 heavy (non-hydrogen) atoms. The van der Waals surface area contributed by atoms with Crippen molar-refractivity contribution in [3.8, 4) is 0 Å². The zero-order chi connectivity index (χ0) is 31.3. The number of hydrogen-bond donors (Lipinski definition) is 1. The highest BCUT2D eigenvalue weighted by atomic mass is 79.9. The number of benzene rings is 2. The van der Waals surface area contributed by atoms with Gasteiger partial charge in [-0.3, -0.25) is 9.36 Å². The number of amides is 2. The van der Waals surface area contributed by atoms with Gasteiger partial charge >= 0.3 is 11.8 Å². The van der Waals surface area contributed by atoms with E-state index in [9.17, 15) is 14.4 Å². The van der Waals surface area contributed by atoms with Crippen LogP contribution in [0.2, 0.25) is 0 Å². The summed E-state index contributed by atoms with van der Waals surface area (Å²) in [5, 5.41) is 7.24. The average molecular weight is 651 g/mol. The third kappa shape index (κ3) is 8.13. The van der Waals surface area contributed by atoms with Gasteiger partial charge in [0.2, 0.25) is 0 Å². The van der Waals surface area contributed by atoms with Gasteiger partial charge in [0, 0.05) is 28.8 Å². The van der Waals surface area contributed by atoms with E-state index in [1.807, 2.05) is 87.2 Å². The van der Waals surface area contributed by atoms with Crippen molar-refractivity contribution in [3.63, 3.8) is 0 Å². The van der Waals surface area contributed by atoms with Gasteiger partial charge < -0.3 is 15.0 Å². The van der Waals surface area contributed by atoms with Crippen LogP contribution in [0.15, 0.2) is 76.0 Å². The van der Waals surface area contributed by atoms with Gasteiger partial charge in [-0.2, -0.15) is 9.61 Å². The first-order valence-electron chi connectivity index (χ1n) is 14.5. The number of aromatic nitrogens is 3. The third-order valence-electron chi connectivity index (χ3n) is 6.93. The first-order valence-corrected chi connectivity index (χ1v) is 15.3. The van der Waals surface area contributed by atoms with E-state index in [1.54, 1.807) is 16.7 Å². The Morgan fingerprint density at radius 1 is 1.05 bits per heavy atom. The van der Waals surface area contributed by atoms with E-state index in [0.717, 1.165) is 21.4 Å². The Balaban J connectivity index is 1.77. The number of hydrogen-bond acceptors (Lipinski definition) is 5. The number of fused-ring (bicyclic) bond motifs is 1. The molecule has 0 aliphatic heterocycles. The van der Waals surface area contributed by atoms with E-state index in [2.05, 4.69) is 40.2 Å². The maximum atomic E-state index is 14.2. The Labute approximate surface area is 261 Å². The number of nitrogens with one attached hydrogen (secondary N) is 1. The number of nitrogens with zero attached hydrogens (tertiary/aromatic N) is 4. The maximum absolute atomic E-state index is 14.2. The molecule has 0 aliphatic carbocycles. The molecule has 2 heterocycles. The van der Waals surface area contributed by atoms with Gasteiger partial charge in [-0.1, -0.05) is 60.1 Å². The summed E-state index contributed by atoms with van der Waals surface area (Å²) < 4.78 is 9.39. The molecule has 0 bridgehead atoms. The van der Waals surface area contributed by atoms with Crippen LogP contribution in [0.1, 0.15) is 74.4 Å². The topological polar surface area (TPSA) is 97.9 Å². The smallest absolute Gasteiger partial charge is 0.407 e. The lowest BCUT2D eigenvalue weighted by Crippen LogP contribution is -2.43. The van der Waals surface area contributed by atoms with Crippen LogP contribution in [0.4, 0.5) is 4.79 Å². The Bertz CT molecular complexity index is 1620. The average Bonchev–Trinajstić information content (AvgIpc) is 3.32. The second-order valence-electron chi connectivity index (χ2n) is 12.0. The molecule has 0 saturated heterocycles. The predicted octanol–water partition coefficient (Wildman–Crippen LogP) is 6.37. The summed E-state index contributed by atoms with van der Waals surface area (Å²) in [6.07, 6.45) is -0.0150. The summed E-state index contributed by atoms with van der Waals surface area (Å²) >= 11 is 3.46. The Hall–Kier alpha value is -3.92. The largest absolute Gasteiger partial charge is 0.444 e. The van der Waals surface area contributed by atoms with Crippen LogP contribution in [-0.4, -0.2) is 49.8 Å². The molecule has 0 saturated carbocycles. The molecule has 0 aliphatic rings. The van der Waals surface area contributed by atoms with Gasteiger partial charge in [0.1, 0.15) is 5.60 Å². The summed E-state index contributed by atoms with van der Waals surface area (Å²) in [4.78, 5) is 42.2. The van der Waals surface area contributed by atoms with Crippen molar-refractivity contribution in [2.75, 3.05) is 13.1 Å². The van der Waals surface area contributed by atoms with E-state index < -0.39 is 17.7 Å². The molecule has 9 nitrogen and oxygen atoms in total. The van der Waals surface area contributed by atoms with Crippen LogP contribution in [-0.2, 0) is 11.3 Å². The van der Waals surface area contributed by atoms with Crippen molar-refractivity contribution < 1.29 is 14.3 Å². The van der Waals surface area contributed by atoms with Gasteiger partial charge in [0.05, 0.1) is 23.8 Å². The summed E-state index contributed by atoms with van der Waals surface area (Å²) in [6, 6.07) is 20.4. The predicted molar refractivity (Wildman–Crippen MR) is 171 cm³/mol. The number of rotatable bonds is 10. The van der Waals surface area contributed by atoms with Crippen LogP contribution in [0.5, 0.6) is 0 Å². The minimum atomic E-state index is -0.608. The van der Waals surface area contributed by atoms with Gasteiger partial charge in [-0.05, 0) is 82.0 Å². The number of ether oxygens (including phenoxy) is 1. The van der Waals surface area contributed by atoms with Crippen molar-refractivity contribution in [3.05, 3.63) is 104 Å². The lowest BCUT2D eigenvalue weighted by Gasteiger charge is -2.36. The van der Waals surface area contributed by atoms with Crippen LogP contribution >= 0.6 is 15.9 Å². The molecular weight excluding hydrogens is 610 g/mol. The molecule has 4 rings (SSSR count). The van der Waals surface area contributed by atoms with Crippen molar-refractivity contribution in [2.24, 2.45) is 5.92 Å². The number of aryl methyl sites for hydroxylation is 1. The highest BCUT2D eigenvalue weighted by Gasteiger charge is 2.32. The second-order valence-corrected chi connectivity index (χ2v) is 12.9. The van der Waals surface area contributed by atoms with Crippen LogP contribution in [0, 0.1) is 12.8 Å². The normalized spacial score (nSPS) is 12.4. The van der Waals surface area contributed by atoms with Crippen molar-refractivity contribution >= 4 is 33.4 Å². The van der Waals surface area contributed by atoms with Crippen LogP contribution in [0.3, 0.4) is 0 Å². The molecule has 0 spiro atoms. The minimum absolute atomic E-state index is 0.0499. The fourth-order valence-electron chi connectivity index (χ4n) is 5.14. The number of carbonyl (C=O) groups is 2. The molecule has 1 unspecified atom stereocenters. The van der Waals surface area contributed by atoms with Crippen LogP contribution in [0.25, 0.3) is 5.52 Å². The fourth-order valence-corrected chi connectivity index (χ4v) is 5.40. The highest BCUT2D eigenvalue weighted by molar-refractivity contribution is 9.10. The fraction of sp³-hybridized carbons (Fsp3) is 0.394. The molecule has 4 aromatic rings. The third-order valence-corrected chi connectivity index (χ3v) is 7.46. The quantitative estimate of drug-likeness (QED) is 0.201. The summed E-state index contributed by atoms with van der Waals surface area (Å²) in [6.45, 7) is 12.4. The van der Waals surface area contributed by atoms with E-state index in [1.165, 1.54) is 4.52 Å². The van der Waals surface area contributed by atoms with Crippen molar-refractivity contribution in [2.45, 2.75) is 66.2 Å². The first kappa shape index (κ1) is 32.0. The second kappa shape index (κ2) is 13.6. The molecule has 2 amide bonds. The number of carbonyl (C=O) groups excluding carboxylic acids is 2. The van der Waals surface area contributed by atoms with Gasteiger partial charge in [0.25, 0.3) is 5.91 Å². The summed E-state index contributed by atoms with van der Waals surface area (Å²) in [5.41, 5.74) is 2.76. The molecular formula is C33H40BrN5O4. The molecule has 2 aromatic heterocycles. The van der Waals surface area contributed by atoms with E-state index >= 15 is 0 Å². The SMILES string of the molecule is Cc1cc2cc(C(C(C)C)N(CCCNC(=O)OC(C)(C)C)C(=O)c3ccc(Br)cc3)n(Cc3ccccc3)c(=O)n2n1. The number of alkyl carbamates (subject to hydrolysis) is 1. The summed E-state index contributed by atoms with van der Waals surface area (Å²) in [7, 11) is 0. The molecule has 10 heteroatoms. The van der Waals surface area contributed by atoms with Gasteiger partial charge in [-0.25, -0.2) is 9.59 Å². The molecule has 0 radical (unpaired) electrons. The van der Waals surface area contributed by atoms with Gasteiger partial charge in [0.15, 0.2) is 0 Å². The monoisotopic (exact) mass is 649 g/mol. The van der Waals surface area contributed by atoms with E-state index in [-0.39, 0.29) is 17.5 Å². The lowest BCUT2D eigenvalue weighted by molar-refractivity contribution is 0.0520. The molecule has 228 valence electrons. The van der Waals surface area contributed by atoms with E-state index in [4.69, 9.17) is 4.74 Å². The van der Waals surface area contributed by atoms with Crippen molar-refractivity contribution in [1.29, 1.82) is 0 Å². The molecule has 1 atom stereocenters. The molecule has 2 aromatic carbocycles. The number of halogens is 1.